The topological polar surface area (TPSA) is 85.3 Å². The molecule has 3 aromatic rings. The third kappa shape index (κ3) is 2.98. The molecule has 0 radical (unpaired) electrons. The average molecular weight is 336 g/mol. The Balaban J connectivity index is 1.95. The van der Waals surface area contributed by atoms with Gasteiger partial charge < -0.3 is 8.94 Å². The van der Waals surface area contributed by atoms with Crippen molar-refractivity contribution < 1.29 is 21.7 Å². The Morgan fingerprint density at radius 2 is 1.91 bits per heavy atom. The quantitative estimate of drug-likeness (QED) is 0.788. The second-order valence-electron chi connectivity index (χ2n) is 4.98. The fourth-order valence-corrected chi connectivity index (χ4v) is 3.29. The molecule has 0 aliphatic rings. The minimum Gasteiger partial charge on any atom is -0.456 e. The third-order valence-corrected chi connectivity index (χ3v) is 4.76. The summed E-state index contributed by atoms with van der Waals surface area (Å²) < 4.78 is 51.1. The van der Waals surface area contributed by atoms with Gasteiger partial charge in [-0.2, -0.15) is 0 Å². The molecule has 2 aromatic heterocycles. The van der Waals surface area contributed by atoms with Gasteiger partial charge in [0, 0.05) is 12.1 Å². The maximum absolute atomic E-state index is 13.6. The van der Waals surface area contributed by atoms with Crippen LogP contribution in [0.5, 0.6) is 0 Å². The molecule has 120 valence electrons. The fourth-order valence-electron chi connectivity index (χ4n) is 2.06. The molecule has 0 saturated heterocycles. The second-order valence-corrected chi connectivity index (χ2v) is 6.63. The minimum atomic E-state index is -3.92. The number of furan rings is 1. The molecule has 1 N–H and O–H groups in total. The summed E-state index contributed by atoms with van der Waals surface area (Å²) in [7, 11) is -3.92. The van der Waals surface area contributed by atoms with Crippen molar-refractivity contribution in [2.75, 3.05) is 4.72 Å². The van der Waals surface area contributed by atoms with E-state index in [0.717, 1.165) is 6.07 Å². The van der Waals surface area contributed by atoms with Crippen LogP contribution in [0.25, 0.3) is 11.5 Å². The van der Waals surface area contributed by atoms with Crippen LogP contribution >= 0.6 is 0 Å². The number of aromatic nitrogens is 1. The lowest BCUT2D eigenvalue weighted by Crippen LogP contribution is -2.13. The van der Waals surface area contributed by atoms with Gasteiger partial charge in [-0.25, -0.2) is 12.8 Å². The summed E-state index contributed by atoms with van der Waals surface area (Å²) in [6.45, 7) is 3.11. The van der Waals surface area contributed by atoms with Crippen molar-refractivity contribution in [2.24, 2.45) is 0 Å². The number of benzene rings is 1. The lowest BCUT2D eigenvalue weighted by atomic mass is 10.2. The molecule has 23 heavy (non-hydrogen) atoms. The van der Waals surface area contributed by atoms with Gasteiger partial charge in [-0.15, -0.1) is 0 Å². The number of halogens is 1. The molecule has 8 heteroatoms. The fraction of sp³-hybridized carbons (Fsp3) is 0.133. The predicted molar refractivity (Wildman–Crippen MR) is 80.9 cm³/mol. The maximum atomic E-state index is 13.6. The first-order chi connectivity index (χ1) is 10.9. The molecule has 0 amide bonds. The Bertz CT molecular complexity index is 946. The van der Waals surface area contributed by atoms with Gasteiger partial charge >= 0.3 is 0 Å². The zero-order valence-corrected chi connectivity index (χ0v) is 13.1. The summed E-state index contributed by atoms with van der Waals surface area (Å²) in [5, 5.41) is 3.54. The highest BCUT2D eigenvalue weighted by molar-refractivity contribution is 7.92. The van der Waals surface area contributed by atoms with Gasteiger partial charge in [0.05, 0.1) is 11.9 Å². The molecule has 0 spiro atoms. The van der Waals surface area contributed by atoms with Crippen molar-refractivity contribution in [1.82, 2.24) is 5.16 Å². The molecular weight excluding hydrogens is 323 g/mol. The zero-order chi connectivity index (χ0) is 16.6. The molecule has 0 aliphatic carbocycles. The van der Waals surface area contributed by atoms with Gasteiger partial charge in [-0.3, -0.25) is 4.72 Å². The molecule has 1 aromatic carbocycles. The molecule has 3 rings (SSSR count). The smallest absolute Gasteiger partial charge is 0.265 e. The molecule has 0 bridgehead atoms. The van der Waals surface area contributed by atoms with Crippen LogP contribution in [0, 0.1) is 19.7 Å². The van der Waals surface area contributed by atoms with Crippen molar-refractivity contribution in [1.29, 1.82) is 0 Å². The van der Waals surface area contributed by atoms with E-state index in [0.29, 0.717) is 11.3 Å². The van der Waals surface area contributed by atoms with Crippen LogP contribution in [0.15, 0.2) is 50.4 Å². The van der Waals surface area contributed by atoms with E-state index >= 15 is 0 Å². The highest BCUT2D eigenvalue weighted by atomic mass is 32.2. The summed E-state index contributed by atoms with van der Waals surface area (Å²) >= 11 is 0. The van der Waals surface area contributed by atoms with E-state index < -0.39 is 15.8 Å². The number of hydrogen-bond acceptors (Lipinski definition) is 5. The lowest BCUT2D eigenvalue weighted by molar-refractivity contribution is 0.414. The number of hydrogen-bond donors (Lipinski definition) is 1. The van der Waals surface area contributed by atoms with E-state index in [1.54, 1.807) is 13.0 Å². The van der Waals surface area contributed by atoms with Gasteiger partial charge in [-0.05, 0) is 31.5 Å². The zero-order valence-electron chi connectivity index (χ0n) is 12.3. The number of nitrogens with one attached hydrogen (secondary N) is 1. The van der Waals surface area contributed by atoms with Crippen molar-refractivity contribution in [3.05, 3.63) is 53.7 Å². The SMILES string of the molecule is Cc1ccc(NS(=O)(=O)c2cc(-c3ccno3)oc2C)cc1F. The number of aryl methyl sites for hydroxylation is 2. The third-order valence-electron chi connectivity index (χ3n) is 3.27. The molecule has 2 heterocycles. The summed E-state index contributed by atoms with van der Waals surface area (Å²) in [6, 6.07) is 7.00. The Labute approximate surface area is 132 Å². The van der Waals surface area contributed by atoms with Crippen LogP contribution in [0.2, 0.25) is 0 Å². The van der Waals surface area contributed by atoms with Crippen molar-refractivity contribution >= 4 is 15.7 Å². The molecule has 0 unspecified atom stereocenters. The Kier molecular flexibility index (Phi) is 3.69. The van der Waals surface area contributed by atoms with Crippen LogP contribution in [0.4, 0.5) is 10.1 Å². The van der Waals surface area contributed by atoms with Crippen molar-refractivity contribution in [3.8, 4) is 11.5 Å². The van der Waals surface area contributed by atoms with Crippen LogP contribution in [-0.4, -0.2) is 13.6 Å². The number of sulfonamides is 1. The Hall–Kier alpha value is -2.61. The second kappa shape index (κ2) is 5.54. The average Bonchev–Trinajstić information content (AvgIpc) is 3.11. The lowest BCUT2D eigenvalue weighted by Gasteiger charge is -2.07. The summed E-state index contributed by atoms with van der Waals surface area (Å²) in [6.07, 6.45) is 1.43. The summed E-state index contributed by atoms with van der Waals surface area (Å²) in [5.41, 5.74) is 0.565. The van der Waals surface area contributed by atoms with Gasteiger partial charge in [-0.1, -0.05) is 11.2 Å². The minimum absolute atomic E-state index is 0.0510. The summed E-state index contributed by atoms with van der Waals surface area (Å²) in [4.78, 5) is -0.0510. The Morgan fingerprint density at radius 1 is 1.13 bits per heavy atom. The van der Waals surface area contributed by atoms with Gasteiger partial charge in [0.2, 0.25) is 5.76 Å². The van der Waals surface area contributed by atoms with Crippen molar-refractivity contribution in [3.63, 3.8) is 0 Å². The van der Waals surface area contributed by atoms with E-state index in [1.807, 2.05) is 0 Å². The molecular formula is C15H13FN2O4S. The first-order valence-corrected chi connectivity index (χ1v) is 8.15. The van der Waals surface area contributed by atoms with Crippen LogP contribution < -0.4 is 4.72 Å². The van der Waals surface area contributed by atoms with E-state index in [4.69, 9.17) is 8.94 Å². The largest absolute Gasteiger partial charge is 0.456 e. The van der Waals surface area contributed by atoms with E-state index in [9.17, 15) is 12.8 Å². The maximum Gasteiger partial charge on any atom is 0.265 e. The Morgan fingerprint density at radius 3 is 2.57 bits per heavy atom. The number of anilines is 1. The highest BCUT2D eigenvalue weighted by Gasteiger charge is 2.23. The molecule has 0 saturated carbocycles. The molecule has 6 nitrogen and oxygen atoms in total. The van der Waals surface area contributed by atoms with Crippen molar-refractivity contribution in [2.45, 2.75) is 18.7 Å². The predicted octanol–water partition coefficient (Wildman–Crippen LogP) is 3.49. The van der Waals surface area contributed by atoms with Gasteiger partial charge in [0.15, 0.2) is 5.76 Å². The highest BCUT2D eigenvalue weighted by Crippen LogP contribution is 2.29. The first-order valence-electron chi connectivity index (χ1n) is 6.67. The van der Waals surface area contributed by atoms with E-state index in [-0.39, 0.29) is 22.1 Å². The molecule has 0 atom stereocenters. The van der Waals surface area contributed by atoms with E-state index in [1.165, 1.54) is 31.3 Å². The molecule has 0 fully saturated rings. The van der Waals surface area contributed by atoms with Gasteiger partial charge in [0.25, 0.3) is 10.0 Å². The van der Waals surface area contributed by atoms with Gasteiger partial charge in [0.1, 0.15) is 16.5 Å². The van der Waals surface area contributed by atoms with Crippen LogP contribution in [0.3, 0.4) is 0 Å². The van der Waals surface area contributed by atoms with Crippen LogP contribution in [0.1, 0.15) is 11.3 Å². The number of nitrogens with zero attached hydrogens (tertiary/aromatic N) is 1. The molecule has 0 aliphatic heterocycles. The normalized spacial score (nSPS) is 11.6. The monoisotopic (exact) mass is 336 g/mol. The summed E-state index contributed by atoms with van der Waals surface area (Å²) in [5.74, 6) is 0.263. The van der Waals surface area contributed by atoms with E-state index in [2.05, 4.69) is 9.88 Å². The first kappa shape index (κ1) is 15.3. The standard InChI is InChI=1S/C15H13FN2O4S/c1-9-3-4-11(7-12(9)16)18-23(19,20)15-8-14(21-10(15)2)13-5-6-17-22-13/h3-8,18H,1-2H3. The van der Waals surface area contributed by atoms with Crippen LogP contribution in [-0.2, 0) is 10.0 Å². The number of rotatable bonds is 4.